The lowest BCUT2D eigenvalue weighted by Gasteiger charge is -2.73. The molecule has 0 saturated heterocycles. The van der Waals surface area contributed by atoms with Crippen LogP contribution in [0.2, 0.25) is 0 Å². The highest BCUT2D eigenvalue weighted by molar-refractivity contribution is 5.98. The molecule has 0 atom stereocenters. The van der Waals surface area contributed by atoms with Crippen LogP contribution in [0.3, 0.4) is 0 Å². The second kappa shape index (κ2) is 8.73. The molecule has 0 radical (unpaired) electrons. The van der Waals surface area contributed by atoms with Gasteiger partial charge in [0.2, 0.25) is 5.91 Å². The highest BCUT2D eigenvalue weighted by Gasteiger charge is 2.81. The van der Waals surface area contributed by atoms with Crippen LogP contribution in [0.1, 0.15) is 88.1 Å². The normalized spacial score (nSPS) is 27.9. The third kappa shape index (κ3) is 3.87. The third-order valence-electron chi connectivity index (χ3n) is 8.77. The van der Waals surface area contributed by atoms with E-state index < -0.39 is 17.1 Å². The van der Waals surface area contributed by atoms with E-state index in [9.17, 15) is 18.0 Å². The molecule has 2 aromatic rings. The van der Waals surface area contributed by atoms with Crippen LogP contribution in [-0.2, 0) is 17.6 Å². The molecular weight excluding hydrogens is 471 g/mol. The first-order valence-corrected chi connectivity index (χ1v) is 13.2. The number of anilines is 1. The molecule has 5 aliphatic rings. The Morgan fingerprint density at radius 1 is 1.06 bits per heavy atom. The molecule has 4 fully saturated rings. The number of aromatic nitrogens is 4. The van der Waals surface area contributed by atoms with E-state index in [4.69, 9.17) is 4.74 Å². The van der Waals surface area contributed by atoms with Crippen LogP contribution in [0.25, 0.3) is 0 Å². The summed E-state index contributed by atoms with van der Waals surface area (Å²) in [6.07, 6.45) is 5.46. The SMILES string of the molecule is O=C1CCc2cc(OCCCCc3nnnn3C3CCCCC3)ccc2N1C12CC(C(F)(F)F)(C1)C2. The van der Waals surface area contributed by atoms with E-state index in [1.807, 2.05) is 22.9 Å². The Hall–Kier alpha value is -2.65. The predicted octanol–water partition coefficient (Wildman–Crippen LogP) is 5.34. The third-order valence-corrected chi connectivity index (χ3v) is 8.77. The first-order valence-electron chi connectivity index (χ1n) is 13.2. The fourth-order valence-corrected chi connectivity index (χ4v) is 6.91. The molecule has 1 aliphatic heterocycles. The van der Waals surface area contributed by atoms with Gasteiger partial charge in [0, 0.05) is 18.5 Å². The Kier molecular flexibility index (Phi) is 5.75. The van der Waals surface area contributed by atoms with Crippen molar-refractivity contribution < 1.29 is 22.7 Å². The van der Waals surface area contributed by atoms with Crippen molar-refractivity contribution >= 4 is 11.6 Å². The smallest absolute Gasteiger partial charge is 0.394 e. The minimum absolute atomic E-state index is 0.0248. The molecule has 1 aromatic heterocycles. The van der Waals surface area contributed by atoms with Gasteiger partial charge in [-0.2, -0.15) is 13.2 Å². The van der Waals surface area contributed by atoms with E-state index >= 15 is 0 Å². The highest BCUT2D eigenvalue weighted by atomic mass is 19.4. The number of ether oxygens (including phenoxy) is 1. The van der Waals surface area contributed by atoms with Gasteiger partial charge in [0.15, 0.2) is 5.82 Å². The number of alkyl halides is 3. The molecule has 0 unspecified atom stereocenters. The number of fused-ring (bicyclic) bond motifs is 1. The Morgan fingerprint density at radius 2 is 1.83 bits per heavy atom. The summed E-state index contributed by atoms with van der Waals surface area (Å²) in [4.78, 5) is 14.4. The van der Waals surface area contributed by atoms with Gasteiger partial charge in [-0.15, -0.1) is 5.10 Å². The summed E-state index contributed by atoms with van der Waals surface area (Å²) in [6.45, 7) is 0.560. The van der Waals surface area contributed by atoms with Crippen LogP contribution in [0.5, 0.6) is 5.75 Å². The van der Waals surface area contributed by atoms with Crippen molar-refractivity contribution in [3.63, 3.8) is 0 Å². The summed E-state index contributed by atoms with van der Waals surface area (Å²) in [5.41, 5.74) is -0.502. The minimum atomic E-state index is -4.18. The molecule has 194 valence electrons. The van der Waals surface area contributed by atoms with E-state index in [1.54, 1.807) is 4.90 Å². The van der Waals surface area contributed by atoms with Crippen LogP contribution in [0.15, 0.2) is 18.2 Å². The van der Waals surface area contributed by atoms with Gasteiger partial charge in [0.25, 0.3) is 0 Å². The average molecular weight is 504 g/mol. The number of amides is 1. The molecule has 36 heavy (non-hydrogen) atoms. The fraction of sp³-hybridized carbons (Fsp3) is 0.692. The molecule has 7 rings (SSSR count). The van der Waals surface area contributed by atoms with Gasteiger partial charge in [-0.1, -0.05) is 19.3 Å². The molecule has 10 heteroatoms. The number of benzene rings is 1. The second-order valence-corrected chi connectivity index (χ2v) is 11.2. The number of hydrogen-bond donors (Lipinski definition) is 0. The van der Waals surface area contributed by atoms with Crippen molar-refractivity contribution in [2.24, 2.45) is 5.41 Å². The van der Waals surface area contributed by atoms with E-state index in [-0.39, 0.29) is 25.2 Å². The standard InChI is InChI=1S/C26H32F3N5O2/c27-26(28,29)24-15-25(16-24,17-24)33-21-11-10-20(14-18(21)9-12-23(33)35)36-13-5-4-8-22-30-31-32-34(22)19-6-2-1-3-7-19/h10-11,14,19H,1-9,12-13,15-17H2. The zero-order valence-electron chi connectivity index (χ0n) is 20.4. The van der Waals surface area contributed by atoms with E-state index in [2.05, 4.69) is 15.5 Å². The van der Waals surface area contributed by atoms with Gasteiger partial charge in [-0.05, 0) is 85.6 Å². The summed E-state index contributed by atoms with van der Waals surface area (Å²) in [5.74, 6) is 1.61. The zero-order valence-corrected chi connectivity index (χ0v) is 20.4. The maximum atomic E-state index is 13.3. The largest absolute Gasteiger partial charge is 0.494 e. The van der Waals surface area contributed by atoms with Crippen LogP contribution >= 0.6 is 0 Å². The molecule has 2 bridgehead atoms. The second-order valence-electron chi connectivity index (χ2n) is 11.2. The summed E-state index contributed by atoms with van der Waals surface area (Å²) >= 11 is 0. The minimum Gasteiger partial charge on any atom is -0.494 e. The van der Waals surface area contributed by atoms with Crippen molar-refractivity contribution in [3.05, 3.63) is 29.6 Å². The monoisotopic (exact) mass is 503 g/mol. The van der Waals surface area contributed by atoms with Crippen LogP contribution in [0.4, 0.5) is 18.9 Å². The van der Waals surface area contributed by atoms with Crippen molar-refractivity contribution in [2.45, 2.75) is 101 Å². The number of carbonyl (C=O) groups is 1. The van der Waals surface area contributed by atoms with Gasteiger partial charge < -0.3 is 9.64 Å². The molecule has 1 amide bonds. The Bertz CT molecular complexity index is 1120. The summed E-state index contributed by atoms with van der Waals surface area (Å²) in [5, 5.41) is 12.3. The van der Waals surface area contributed by atoms with E-state index in [0.717, 1.165) is 54.9 Å². The summed E-state index contributed by atoms with van der Waals surface area (Å²) in [7, 11) is 0. The van der Waals surface area contributed by atoms with Crippen LogP contribution < -0.4 is 9.64 Å². The average Bonchev–Trinajstić information content (AvgIpc) is 3.27. The van der Waals surface area contributed by atoms with Crippen LogP contribution in [0, 0.1) is 5.41 Å². The number of rotatable bonds is 8. The van der Waals surface area contributed by atoms with Crippen molar-refractivity contribution in [3.8, 4) is 5.75 Å². The van der Waals surface area contributed by atoms with Gasteiger partial charge >= 0.3 is 6.18 Å². The molecule has 2 heterocycles. The Morgan fingerprint density at radius 3 is 2.58 bits per heavy atom. The topological polar surface area (TPSA) is 73.1 Å². The molecule has 0 N–H and O–H groups in total. The summed E-state index contributed by atoms with van der Waals surface area (Å²) in [6, 6.07) is 6.05. The number of halogens is 3. The predicted molar refractivity (Wildman–Crippen MR) is 126 cm³/mol. The molecule has 7 nitrogen and oxygen atoms in total. The molecule has 4 aliphatic carbocycles. The molecular formula is C26H32F3N5O2. The molecule has 1 aromatic carbocycles. The van der Waals surface area contributed by atoms with Crippen molar-refractivity contribution in [1.29, 1.82) is 0 Å². The van der Waals surface area contributed by atoms with E-state index in [0.29, 0.717) is 25.5 Å². The zero-order chi connectivity index (χ0) is 25.0. The Balaban J connectivity index is 1.02. The lowest BCUT2D eigenvalue weighted by Crippen LogP contribution is -2.80. The fourth-order valence-electron chi connectivity index (χ4n) is 6.91. The maximum absolute atomic E-state index is 13.3. The van der Waals surface area contributed by atoms with Gasteiger partial charge in [0.05, 0.1) is 23.6 Å². The number of aryl methyl sites for hydroxylation is 2. The van der Waals surface area contributed by atoms with Crippen molar-refractivity contribution in [2.75, 3.05) is 11.5 Å². The molecule has 0 spiro atoms. The number of nitrogens with zero attached hydrogens (tertiary/aromatic N) is 5. The van der Waals surface area contributed by atoms with Crippen LogP contribution in [-0.4, -0.2) is 44.4 Å². The Labute approximate surface area is 208 Å². The number of unbranched alkanes of at least 4 members (excludes halogenated alkanes) is 1. The van der Waals surface area contributed by atoms with Gasteiger partial charge in [0.1, 0.15) is 5.75 Å². The van der Waals surface area contributed by atoms with Gasteiger partial charge in [-0.3, -0.25) is 4.79 Å². The van der Waals surface area contributed by atoms with Crippen molar-refractivity contribution in [1.82, 2.24) is 20.2 Å². The first kappa shape index (κ1) is 23.7. The maximum Gasteiger partial charge on any atom is 0.394 e. The highest BCUT2D eigenvalue weighted by Crippen LogP contribution is 2.76. The lowest BCUT2D eigenvalue weighted by atomic mass is 9.38. The van der Waals surface area contributed by atoms with Gasteiger partial charge in [-0.25, -0.2) is 4.68 Å². The lowest BCUT2D eigenvalue weighted by molar-refractivity contribution is -0.331. The van der Waals surface area contributed by atoms with E-state index in [1.165, 1.54) is 19.3 Å². The quantitative estimate of drug-likeness (QED) is 0.455. The number of carbonyl (C=O) groups excluding carboxylic acids is 1. The summed E-state index contributed by atoms with van der Waals surface area (Å²) < 4.78 is 48.0. The first-order chi connectivity index (χ1) is 17.3. The number of tetrazole rings is 1. The number of hydrogen-bond acceptors (Lipinski definition) is 5. The molecule has 4 saturated carbocycles.